The zero-order valence-corrected chi connectivity index (χ0v) is 6.41. The molecule has 1 nitrogen and oxygen atoms in total. The van der Waals surface area contributed by atoms with Crippen LogP contribution in [0.4, 0.5) is 0 Å². The van der Waals surface area contributed by atoms with Crippen LogP contribution in [0.2, 0.25) is 11.0 Å². The molecule has 0 saturated carbocycles. The number of hydrogen-bond donors (Lipinski definition) is 0. The minimum atomic E-state index is 0.312. The molecule has 0 radical (unpaired) electrons. The van der Waals surface area contributed by atoms with Crippen LogP contribution in [0.1, 0.15) is 0 Å². The monoisotopic (exact) mass is 130 g/mol. The van der Waals surface area contributed by atoms with Crippen LogP contribution in [0.25, 0.3) is 0 Å². The topological polar surface area (TPSA) is 23.1 Å². The molecule has 0 spiro atoms. The minimum absolute atomic E-state index is 0.312. The molecular formula is C3H9GaO. The van der Waals surface area contributed by atoms with Gasteiger partial charge >= 0.3 is 28.4 Å². The Morgan fingerprint density at radius 1 is 1.20 bits per heavy atom. The Bertz CT molecular complexity index is 6.85. The second-order valence-corrected chi connectivity index (χ2v) is 3.00. The van der Waals surface area contributed by atoms with Gasteiger partial charge in [0.05, 0.1) is 0 Å². The molecule has 2 heteroatoms. The van der Waals surface area contributed by atoms with Crippen LogP contribution in [0.5, 0.6) is 0 Å². The maximum absolute atomic E-state index is 8.25. The zero-order valence-electron chi connectivity index (χ0n) is 3.99. The summed E-state index contributed by atoms with van der Waals surface area (Å²) in [5.74, 6) is 0. The summed E-state index contributed by atoms with van der Waals surface area (Å²) in [6.07, 6.45) is 0. The first kappa shape index (κ1) is 9.14. The fourth-order valence-electron chi connectivity index (χ4n) is 0. The fraction of sp³-hybridized carbons (Fsp3) is 1.00. The molecule has 0 fully saturated rings. The molecule has 0 aliphatic carbocycles. The van der Waals surface area contributed by atoms with Crippen molar-refractivity contribution in [2.24, 2.45) is 0 Å². The van der Waals surface area contributed by atoms with E-state index in [-0.39, 0.29) is 0 Å². The van der Waals surface area contributed by atoms with E-state index < -0.39 is 0 Å². The number of rotatable bonds is 0. The van der Waals surface area contributed by atoms with Gasteiger partial charge in [0, 0.05) is 0 Å². The van der Waals surface area contributed by atoms with Crippen molar-refractivity contribution in [1.82, 2.24) is 0 Å². The summed E-state index contributed by atoms with van der Waals surface area (Å²) < 4.78 is 0. The summed E-state index contributed by atoms with van der Waals surface area (Å²) in [5, 5.41) is 8.25. The Labute approximate surface area is 41.2 Å². The molecule has 30 valence electrons. The van der Waals surface area contributed by atoms with Crippen LogP contribution >= 0.6 is 0 Å². The van der Waals surface area contributed by atoms with E-state index in [1.165, 1.54) is 0 Å². The molecule has 0 aliphatic heterocycles. The molecule has 0 unspecified atom stereocenters. The fourth-order valence-corrected chi connectivity index (χ4v) is 0. The second kappa shape index (κ2) is 23.3. The third kappa shape index (κ3) is 87.1. The van der Waals surface area contributed by atoms with Crippen molar-refractivity contribution in [2.45, 2.75) is 11.0 Å². The van der Waals surface area contributed by atoms with E-state index in [4.69, 9.17) is 5.11 Å². The average Bonchev–Trinajstić information content (AvgIpc) is 1.46. The van der Waals surface area contributed by atoms with Gasteiger partial charge in [0.25, 0.3) is 0 Å². The Balaban J connectivity index is 0. The van der Waals surface area contributed by atoms with Crippen molar-refractivity contribution in [3.63, 3.8) is 0 Å². The van der Waals surface area contributed by atoms with Gasteiger partial charge in [-0.3, -0.25) is 0 Å². The van der Waals surface area contributed by atoms with Gasteiger partial charge in [-0.2, -0.15) is 7.11 Å². The molecule has 5 heavy (non-hydrogen) atoms. The zero-order chi connectivity index (χ0) is 4.71. The SMILES string of the molecule is C[O-].[CH3][Ga+][CH3]. The summed E-state index contributed by atoms with van der Waals surface area (Å²) in [6, 6.07) is 0. The molecule has 0 aliphatic rings. The molecular weight excluding hydrogens is 122 g/mol. The van der Waals surface area contributed by atoms with E-state index in [2.05, 4.69) is 11.0 Å². The molecule has 0 rings (SSSR count). The van der Waals surface area contributed by atoms with Crippen molar-refractivity contribution in [2.75, 3.05) is 7.11 Å². The van der Waals surface area contributed by atoms with Crippen LogP contribution < -0.4 is 5.11 Å². The Morgan fingerprint density at radius 3 is 1.20 bits per heavy atom. The molecule has 0 amide bonds. The summed E-state index contributed by atoms with van der Waals surface area (Å²) in [5.41, 5.74) is 4.56. The van der Waals surface area contributed by atoms with E-state index in [1.807, 2.05) is 0 Å². The van der Waals surface area contributed by atoms with Crippen LogP contribution in [0.15, 0.2) is 0 Å². The maximum atomic E-state index is 8.25. The quantitative estimate of drug-likeness (QED) is 0.416. The molecule has 0 aromatic carbocycles. The first-order valence-corrected chi connectivity index (χ1v) is 6.41. The van der Waals surface area contributed by atoms with Gasteiger partial charge in [-0.05, 0) is 0 Å². The molecule has 0 aromatic rings. The van der Waals surface area contributed by atoms with Crippen LogP contribution in [0, 0.1) is 0 Å². The summed E-state index contributed by atoms with van der Waals surface area (Å²) in [6.45, 7) is 0. The van der Waals surface area contributed by atoms with E-state index in [0.29, 0.717) is 17.4 Å². The molecule has 0 bridgehead atoms. The summed E-state index contributed by atoms with van der Waals surface area (Å²) >= 11 is 0.312. The van der Waals surface area contributed by atoms with Crippen molar-refractivity contribution >= 4 is 17.4 Å². The van der Waals surface area contributed by atoms with Crippen molar-refractivity contribution in [3.8, 4) is 0 Å². The summed E-state index contributed by atoms with van der Waals surface area (Å²) in [4.78, 5) is 0. The van der Waals surface area contributed by atoms with E-state index in [0.717, 1.165) is 7.11 Å². The van der Waals surface area contributed by atoms with E-state index in [9.17, 15) is 0 Å². The van der Waals surface area contributed by atoms with E-state index >= 15 is 0 Å². The molecule has 0 saturated heterocycles. The van der Waals surface area contributed by atoms with Gasteiger partial charge in [0.2, 0.25) is 0 Å². The van der Waals surface area contributed by atoms with Crippen LogP contribution in [-0.2, 0) is 0 Å². The Morgan fingerprint density at radius 2 is 1.20 bits per heavy atom. The average molecular weight is 131 g/mol. The third-order valence-corrected chi connectivity index (χ3v) is 0. The normalized spacial score (nSPS) is 3.20. The number of hydrogen-bond acceptors (Lipinski definition) is 1. The molecule has 0 atom stereocenters. The van der Waals surface area contributed by atoms with Gasteiger partial charge in [-0.15, -0.1) is 0 Å². The van der Waals surface area contributed by atoms with Crippen molar-refractivity contribution in [1.29, 1.82) is 0 Å². The Kier molecular flexibility index (Phi) is 42.6. The van der Waals surface area contributed by atoms with Gasteiger partial charge in [0.1, 0.15) is 0 Å². The molecule has 0 aromatic heterocycles. The van der Waals surface area contributed by atoms with E-state index in [1.54, 1.807) is 0 Å². The predicted octanol–water partition coefficient (Wildman–Crippen LogP) is -0.237. The van der Waals surface area contributed by atoms with Gasteiger partial charge in [-0.1, -0.05) is 0 Å². The van der Waals surface area contributed by atoms with Crippen molar-refractivity contribution in [3.05, 3.63) is 0 Å². The molecule has 0 N–H and O–H groups in total. The first-order chi connectivity index (χ1) is 2.41. The Hall–Kier alpha value is 0.596. The second-order valence-electron chi connectivity index (χ2n) is 0.577. The van der Waals surface area contributed by atoms with Crippen molar-refractivity contribution < 1.29 is 5.11 Å². The van der Waals surface area contributed by atoms with Crippen LogP contribution in [-0.4, -0.2) is 24.5 Å². The molecule has 0 heterocycles. The van der Waals surface area contributed by atoms with Gasteiger partial charge in [0.15, 0.2) is 0 Å². The predicted molar refractivity (Wildman–Crippen MR) is 23.4 cm³/mol. The van der Waals surface area contributed by atoms with Crippen LogP contribution in [0.3, 0.4) is 0 Å². The standard InChI is InChI=1S/CH3O.2CH3.Ga/c1-2;;;/h1H3;2*1H3;/q-1;;;+1. The summed E-state index contributed by atoms with van der Waals surface area (Å²) in [7, 11) is 0.750. The van der Waals surface area contributed by atoms with Gasteiger partial charge < -0.3 is 5.11 Å². The van der Waals surface area contributed by atoms with Gasteiger partial charge in [-0.25, -0.2) is 0 Å². The third-order valence-electron chi connectivity index (χ3n) is 0. The first-order valence-electron chi connectivity index (χ1n) is 1.56.